The molecule has 2 aromatic carbocycles. The van der Waals surface area contributed by atoms with Gasteiger partial charge in [-0.05, 0) is 72.9 Å². The third kappa shape index (κ3) is 5.50. The number of hydrogen-bond acceptors (Lipinski definition) is 6. The highest BCUT2D eigenvalue weighted by atomic mass is 15.6. The Morgan fingerprint density at radius 3 is 2.31 bits per heavy atom. The summed E-state index contributed by atoms with van der Waals surface area (Å²) < 4.78 is 4.27. The summed E-state index contributed by atoms with van der Waals surface area (Å²) in [6.07, 6.45) is 14.4. The van der Waals surface area contributed by atoms with Gasteiger partial charge in [-0.15, -0.1) is 5.10 Å². The summed E-state index contributed by atoms with van der Waals surface area (Å²) in [6.45, 7) is 2.11. The lowest BCUT2D eigenvalue weighted by Gasteiger charge is -2.26. The minimum atomic E-state index is -0.181. The predicted molar refractivity (Wildman–Crippen MR) is 168 cm³/mol. The second-order valence-corrected chi connectivity index (χ2v) is 12.1. The van der Waals surface area contributed by atoms with E-state index in [0.29, 0.717) is 12.1 Å². The van der Waals surface area contributed by atoms with Crippen LogP contribution >= 0.6 is 0 Å². The van der Waals surface area contributed by atoms with Gasteiger partial charge < -0.3 is 10.6 Å². The molecule has 5 aromatic rings. The molecule has 3 heterocycles. The van der Waals surface area contributed by atoms with Crippen molar-refractivity contribution in [2.45, 2.75) is 89.3 Å². The third-order valence-electron chi connectivity index (χ3n) is 9.05. The normalized spacial score (nSPS) is 17.4. The first-order valence-corrected chi connectivity index (χ1v) is 15.7. The van der Waals surface area contributed by atoms with Gasteiger partial charge in [0.15, 0.2) is 5.82 Å². The molecule has 1 atom stereocenters. The first-order valence-electron chi connectivity index (χ1n) is 15.7. The van der Waals surface area contributed by atoms with Gasteiger partial charge in [0.05, 0.1) is 6.04 Å². The maximum absolute atomic E-state index is 5.07. The Labute approximate surface area is 247 Å². The molecule has 2 aliphatic carbocycles. The molecule has 8 heteroatoms. The second-order valence-electron chi connectivity index (χ2n) is 12.1. The standard InChI is InChI=1S/C34H40N8/c1-24-15-21-28(22-16-24)35-32(34-38-39-40-42(34)29-12-6-3-7-13-29)26-19-17-25(18-20-26)31-33(36-27-10-4-2-5-11-27)41-23-9-8-14-30(41)37-31/h8-9,14-23,27,29,32,35-36H,2-7,10-13H2,1H3. The summed E-state index contributed by atoms with van der Waals surface area (Å²) in [5, 5.41) is 20.9. The Morgan fingerprint density at radius 2 is 1.55 bits per heavy atom. The number of hydrogen-bond donors (Lipinski definition) is 2. The number of nitrogens with one attached hydrogen (secondary N) is 2. The van der Waals surface area contributed by atoms with Gasteiger partial charge in [-0.3, -0.25) is 4.40 Å². The number of benzene rings is 2. The van der Waals surface area contributed by atoms with E-state index in [2.05, 4.69) is 115 Å². The van der Waals surface area contributed by atoms with Crippen molar-refractivity contribution >= 4 is 17.2 Å². The van der Waals surface area contributed by atoms with Crippen molar-refractivity contribution in [1.82, 2.24) is 29.6 Å². The van der Waals surface area contributed by atoms with Gasteiger partial charge in [0.1, 0.15) is 23.2 Å². The topological polar surface area (TPSA) is 85.0 Å². The number of aryl methyl sites for hydroxylation is 1. The highest BCUT2D eigenvalue weighted by Crippen LogP contribution is 2.35. The van der Waals surface area contributed by atoms with E-state index in [0.717, 1.165) is 52.6 Å². The quantitative estimate of drug-likeness (QED) is 0.202. The van der Waals surface area contributed by atoms with Crippen LogP contribution in [0.15, 0.2) is 72.9 Å². The van der Waals surface area contributed by atoms with Gasteiger partial charge in [-0.1, -0.05) is 86.6 Å². The maximum Gasteiger partial charge on any atom is 0.178 e. The Hall–Kier alpha value is -4.20. The SMILES string of the molecule is Cc1ccc(NC(c2ccc(-c3nc4ccccn4c3NC3CCCCC3)cc2)c2nnnn2C2CCCCC2)cc1. The molecule has 0 saturated heterocycles. The molecule has 42 heavy (non-hydrogen) atoms. The highest BCUT2D eigenvalue weighted by Gasteiger charge is 2.27. The van der Waals surface area contributed by atoms with Gasteiger partial charge in [0.2, 0.25) is 0 Å². The lowest BCUT2D eigenvalue weighted by molar-refractivity contribution is 0.315. The van der Waals surface area contributed by atoms with E-state index in [9.17, 15) is 0 Å². The molecule has 0 spiro atoms. The fraction of sp³-hybridized carbons (Fsp3) is 0.412. The molecule has 2 aliphatic rings. The molecule has 7 rings (SSSR count). The average molecular weight is 561 g/mol. The lowest BCUT2D eigenvalue weighted by Crippen LogP contribution is -2.23. The Morgan fingerprint density at radius 1 is 0.810 bits per heavy atom. The Bertz CT molecular complexity index is 1610. The molecule has 0 radical (unpaired) electrons. The van der Waals surface area contributed by atoms with Gasteiger partial charge >= 0.3 is 0 Å². The third-order valence-corrected chi connectivity index (χ3v) is 9.05. The van der Waals surface area contributed by atoms with Crippen LogP contribution in [0.25, 0.3) is 16.9 Å². The van der Waals surface area contributed by atoms with E-state index < -0.39 is 0 Å². The smallest absolute Gasteiger partial charge is 0.178 e. The molecule has 0 amide bonds. The van der Waals surface area contributed by atoms with Gasteiger partial charge in [-0.25, -0.2) is 9.67 Å². The van der Waals surface area contributed by atoms with Crippen LogP contribution in [0.4, 0.5) is 11.5 Å². The summed E-state index contributed by atoms with van der Waals surface area (Å²) in [6, 6.07) is 24.2. The van der Waals surface area contributed by atoms with Crippen LogP contribution in [0.2, 0.25) is 0 Å². The number of imidazole rings is 1. The number of pyridine rings is 1. The zero-order valence-electron chi connectivity index (χ0n) is 24.4. The van der Waals surface area contributed by atoms with E-state index in [1.165, 1.54) is 56.9 Å². The van der Waals surface area contributed by atoms with Crippen molar-refractivity contribution in [2.24, 2.45) is 0 Å². The summed E-state index contributed by atoms with van der Waals surface area (Å²) >= 11 is 0. The second kappa shape index (κ2) is 12.0. The molecule has 2 fully saturated rings. The van der Waals surface area contributed by atoms with Crippen LogP contribution in [-0.4, -0.2) is 35.6 Å². The number of aromatic nitrogens is 6. The van der Waals surface area contributed by atoms with Crippen LogP contribution < -0.4 is 10.6 Å². The zero-order valence-corrected chi connectivity index (χ0v) is 24.4. The molecular weight excluding hydrogens is 520 g/mol. The van der Waals surface area contributed by atoms with Crippen LogP contribution in [0, 0.1) is 6.92 Å². The van der Waals surface area contributed by atoms with Crippen molar-refractivity contribution < 1.29 is 0 Å². The van der Waals surface area contributed by atoms with Crippen molar-refractivity contribution in [1.29, 1.82) is 0 Å². The summed E-state index contributed by atoms with van der Waals surface area (Å²) in [5.74, 6) is 1.95. The molecule has 216 valence electrons. The van der Waals surface area contributed by atoms with E-state index >= 15 is 0 Å². The molecule has 2 N–H and O–H groups in total. The number of nitrogens with zero attached hydrogens (tertiary/aromatic N) is 6. The van der Waals surface area contributed by atoms with E-state index in [-0.39, 0.29) is 6.04 Å². The number of rotatable bonds is 8. The summed E-state index contributed by atoms with van der Waals surface area (Å²) in [5.41, 5.74) is 6.46. The minimum absolute atomic E-state index is 0.181. The first-order chi connectivity index (χ1) is 20.7. The highest BCUT2D eigenvalue weighted by molar-refractivity contribution is 5.77. The largest absolute Gasteiger partial charge is 0.371 e. The van der Waals surface area contributed by atoms with Crippen molar-refractivity contribution in [2.75, 3.05) is 10.6 Å². The van der Waals surface area contributed by atoms with Crippen LogP contribution in [0.1, 0.15) is 93.2 Å². The van der Waals surface area contributed by atoms with Crippen molar-refractivity contribution in [3.63, 3.8) is 0 Å². The van der Waals surface area contributed by atoms with E-state index in [1.807, 2.05) is 0 Å². The van der Waals surface area contributed by atoms with Crippen LogP contribution in [-0.2, 0) is 0 Å². The Balaban J connectivity index is 1.24. The van der Waals surface area contributed by atoms with Gasteiger partial charge in [0, 0.05) is 23.5 Å². The average Bonchev–Trinajstić information content (AvgIpc) is 3.67. The van der Waals surface area contributed by atoms with E-state index in [1.54, 1.807) is 0 Å². The molecule has 0 bridgehead atoms. The monoisotopic (exact) mass is 560 g/mol. The number of anilines is 2. The minimum Gasteiger partial charge on any atom is -0.371 e. The lowest BCUT2D eigenvalue weighted by atomic mass is 9.95. The molecule has 2 saturated carbocycles. The summed E-state index contributed by atoms with van der Waals surface area (Å²) in [4.78, 5) is 5.07. The fourth-order valence-corrected chi connectivity index (χ4v) is 6.70. The Kier molecular flexibility index (Phi) is 7.60. The molecule has 3 aromatic heterocycles. The van der Waals surface area contributed by atoms with Gasteiger partial charge in [0.25, 0.3) is 0 Å². The first kappa shape index (κ1) is 26.7. The van der Waals surface area contributed by atoms with E-state index in [4.69, 9.17) is 4.98 Å². The fourth-order valence-electron chi connectivity index (χ4n) is 6.70. The zero-order chi connectivity index (χ0) is 28.3. The number of fused-ring (bicyclic) bond motifs is 1. The van der Waals surface area contributed by atoms with Gasteiger partial charge in [-0.2, -0.15) is 0 Å². The molecular formula is C34H40N8. The molecule has 1 unspecified atom stereocenters. The predicted octanol–water partition coefficient (Wildman–Crippen LogP) is 7.75. The van der Waals surface area contributed by atoms with Crippen molar-refractivity contribution in [3.8, 4) is 11.3 Å². The maximum atomic E-state index is 5.07. The van der Waals surface area contributed by atoms with Crippen molar-refractivity contribution in [3.05, 3.63) is 89.9 Å². The molecule has 0 aliphatic heterocycles. The summed E-state index contributed by atoms with van der Waals surface area (Å²) in [7, 11) is 0. The van der Waals surface area contributed by atoms with Crippen LogP contribution in [0.5, 0.6) is 0 Å². The molecule has 8 nitrogen and oxygen atoms in total. The van der Waals surface area contributed by atoms with Crippen LogP contribution in [0.3, 0.4) is 0 Å². The number of tetrazole rings is 1.